The van der Waals surface area contributed by atoms with Gasteiger partial charge in [0.1, 0.15) is 0 Å². The van der Waals surface area contributed by atoms with E-state index in [9.17, 15) is 4.79 Å². The molecule has 1 aromatic heterocycles. The number of ketones is 1. The lowest BCUT2D eigenvalue weighted by Gasteiger charge is -2.06. The van der Waals surface area contributed by atoms with Gasteiger partial charge in [0.15, 0.2) is 5.78 Å². The third-order valence-corrected chi connectivity index (χ3v) is 2.61. The van der Waals surface area contributed by atoms with Crippen molar-refractivity contribution in [2.75, 3.05) is 13.6 Å². The van der Waals surface area contributed by atoms with Crippen LogP contribution in [-0.2, 0) is 0 Å². The van der Waals surface area contributed by atoms with Gasteiger partial charge in [-0.3, -0.25) is 4.79 Å². The highest BCUT2D eigenvalue weighted by Gasteiger charge is 2.14. The highest BCUT2D eigenvalue weighted by molar-refractivity contribution is 7.12. The summed E-state index contributed by atoms with van der Waals surface area (Å²) >= 11 is 1.51. The van der Waals surface area contributed by atoms with E-state index in [2.05, 4.69) is 5.32 Å². The fourth-order valence-corrected chi connectivity index (χ4v) is 1.84. The van der Waals surface area contributed by atoms with Crippen LogP contribution in [0.2, 0.25) is 0 Å². The number of thiophene rings is 1. The molecule has 1 atom stereocenters. The van der Waals surface area contributed by atoms with E-state index in [0.717, 1.165) is 11.4 Å². The van der Waals surface area contributed by atoms with E-state index in [1.54, 1.807) is 0 Å². The van der Waals surface area contributed by atoms with Crippen molar-refractivity contribution in [3.63, 3.8) is 0 Å². The second-order valence-corrected chi connectivity index (χ2v) is 3.75. The molecule has 0 aliphatic carbocycles. The molecule has 0 saturated carbocycles. The van der Waals surface area contributed by atoms with Gasteiger partial charge in [-0.2, -0.15) is 0 Å². The molecule has 0 spiro atoms. The van der Waals surface area contributed by atoms with Crippen molar-refractivity contribution in [2.24, 2.45) is 5.92 Å². The molecule has 0 aromatic carbocycles. The first kappa shape index (κ1) is 9.42. The van der Waals surface area contributed by atoms with E-state index < -0.39 is 0 Å². The molecular weight excluding hydrogens is 170 g/mol. The van der Waals surface area contributed by atoms with Crippen molar-refractivity contribution in [2.45, 2.75) is 6.92 Å². The summed E-state index contributed by atoms with van der Waals surface area (Å²) in [6.07, 6.45) is 0. The molecule has 2 nitrogen and oxygen atoms in total. The van der Waals surface area contributed by atoms with Crippen LogP contribution < -0.4 is 5.32 Å². The van der Waals surface area contributed by atoms with Gasteiger partial charge in [0, 0.05) is 12.5 Å². The Kier molecular flexibility index (Phi) is 3.44. The van der Waals surface area contributed by atoms with Crippen LogP contribution in [0.1, 0.15) is 16.6 Å². The van der Waals surface area contributed by atoms with Gasteiger partial charge in [0.05, 0.1) is 4.88 Å². The summed E-state index contributed by atoms with van der Waals surface area (Å²) < 4.78 is 0. The van der Waals surface area contributed by atoms with Gasteiger partial charge >= 0.3 is 0 Å². The van der Waals surface area contributed by atoms with E-state index in [-0.39, 0.29) is 11.7 Å². The molecule has 0 amide bonds. The van der Waals surface area contributed by atoms with Crippen molar-refractivity contribution in [3.05, 3.63) is 22.4 Å². The monoisotopic (exact) mass is 183 g/mol. The normalized spacial score (nSPS) is 12.8. The van der Waals surface area contributed by atoms with Crippen LogP contribution in [-0.4, -0.2) is 19.4 Å². The first-order valence-corrected chi connectivity index (χ1v) is 4.86. The summed E-state index contributed by atoms with van der Waals surface area (Å²) in [5.74, 6) is 0.313. The maximum absolute atomic E-state index is 11.6. The van der Waals surface area contributed by atoms with E-state index in [0.29, 0.717) is 0 Å². The number of carbonyl (C=O) groups excluding carboxylic acids is 1. The molecule has 0 aliphatic rings. The summed E-state index contributed by atoms with van der Waals surface area (Å²) in [4.78, 5) is 12.4. The molecule has 1 aromatic rings. The van der Waals surface area contributed by atoms with Crippen LogP contribution in [0.3, 0.4) is 0 Å². The van der Waals surface area contributed by atoms with Crippen molar-refractivity contribution in [3.8, 4) is 0 Å². The lowest BCUT2D eigenvalue weighted by molar-refractivity contribution is 0.0934. The predicted molar refractivity (Wildman–Crippen MR) is 51.7 cm³/mol. The van der Waals surface area contributed by atoms with Crippen LogP contribution in [0.4, 0.5) is 0 Å². The maximum Gasteiger partial charge on any atom is 0.176 e. The van der Waals surface area contributed by atoms with Crippen molar-refractivity contribution >= 4 is 17.1 Å². The highest BCUT2D eigenvalue weighted by atomic mass is 32.1. The third kappa shape index (κ3) is 2.16. The molecule has 0 saturated heterocycles. The van der Waals surface area contributed by atoms with Gasteiger partial charge in [-0.1, -0.05) is 13.0 Å². The zero-order valence-corrected chi connectivity index (χ0v) is 8.15. The minimum absolute atomic E-state index is 0.0775. The summed E-state index contributed by atoms with van der Waals surface area (Å²) in [7, 11) is 1.86. The minimum Gasteiger partial charge on any atom is -0.319 e. The average molecular weight is 183 g/mol. The largest absolute Gasteiger partial charge is 0.319 e. The Morgan fingerprint density at radius 3 is 3.00 bits per heavy atom. The molecular formula is C9H13NOS. The molecule has 0 aliphatic heterocycles. The van der Waals surface area contributed by atoms with Gasteiger partial charge in [0.2, 0.25) is 0 Å². The summed E-state index contributed by atoms with van der Waals surface area (Å²) in [5, 5.41) is 4.92. The highest BCUT2D eigenvalue weighted by Crippen LogP contribution is 2.13. The smallest absolute Gasteiger partial charge is 0.176 e. The molecule has 66 valence electrons. The quantitative estimate of drug-likeness (QED) is 0.721. The van der Waals surface area contributed by atoms with Crippen molar-refractivity contribution < 1.29 is 4.79 Å². The van der Waals surface area contributed by atoms with Gasteiger partial charge in [0.25, 0.3) is 0 Å². The fourth-order valence-electron chi connectivity index (χ4n) is 1.06. The number of hydrogen-bond donors (Lipinski definition) is 1. The van der Waals surface area contributed by atoms with Gasteiger partial charge in [-0.05, 0) is 18.5 Å². The van der Waals surface area contributed by atoms with E-state index in [4.69, 9.17) is 0 Å². The second kappa shape index (κ2) is 4.38. The number of nitrogens with one attached hydrogen (secondary N) is 1. The van der Waals surface area contributed by atoms with Crippen LogP contribution in [0.25, 0.3) is 0 Å². The molecule has 12 heavy (non-hydrogen) atoms. The molecule has 1 N–H and O–H groups in total. The summed E-state index contributed by atoms with van der Waals surface area (Å²) in [5.41, 5.74) is 0. The van der Waals surface area contributed by atoms with Crippen molar-refractivity contribution in [1.82, 2.24) is 5.32 Å². The Bertz CT molecular complexity index is 243. The Balaban J connectivity index is 2.59. The van der Waals surface area contributed by atoms with Crippen LogP contribution in [0, 0.1) is 5.92 Å². The predicted octanol–water partition coefficient (Wildman–Crippen LogP) is 1.79. The number of carbonyl (C=O) groups is 1. The molecule has 3 heteroatoms. The van der Waals surface area contributed by atoms with Gasteiger partial charge < -0.3 is 5.32 Å². The Morgan fingerprint density at radius 2 is 2.50 bits per heavy atom. The zero-order chi connectivity index (χ0) is 8.97. The molecule has 1 rings (SSSR count). The van der Waals surface area contributed by atoms with Crippen LogP contribution in [0.15, 0.2) is 17.5 Å². The molecule has 0 radical (unpaired) electrons. The minimum atomic E-state index is 0.0775. The van der Waals surface area contributed by atoms with E-state index in [1.165, 1.54) is 11.3 Å². The zero-order valence-electron chi connectivity index (χ0n) is 7.33. The van der Waals surface area contributed by atoms with Crippen LogP contribution in [0.5, 0.6) is 0 Å². The van der Waals surface area contributed by atoms with E-state index >= 15 is 0 Å². The first-order chi connectivity index (χ1) is 5.75. The standard InChI is InChI=1S/C9H13NOS/c1-7(6-10-2)9(11)8-4-3-5-12-8/h3-5,7,10H,6H2,1-2H3. The first-order valence-electron chi connectivity index (χ1n) is 3.98. The fraction of sp³-hybridized carbons (Fsp3) is 0.444. The number of rotatable bonds is 4. The van der Waals surface area contributed by atoms with Crippen LogP contribution >= 0.6 is 11.3 Å². The SMILES string of the molecule is CNCC(C)C(=O)c1cccs1. The third-order valence-electron chi connectivity index (χ3n) is 1.72. The second-order valence-electron chi connectivity index (χ2n) is 2.80. The van der Waals surface area contributed by atoms with Gasteiger partial charge in [-0.15, -0.1) is 11.3 Å². The number of hydrogen-bond acceptors (Lipinski definition) is 3. The van der Waals surface area contributed by atoms with E-state index in [1.807, 2.05) is 31.5 Å². The summed E-state index contributed by atoms with van der Waals surface area (Å²) in [6, 6.07) is 3.78. The Hall–Kier alpha value is -0.670. The molecule has 1 unspecified atom stereocenters. The Morgan fingerprint density at radius 1 is 1.75 bits per heavy atom. The number of Topliss-reactive ketones (excluding diaryl/α,β-unsaturated/α-hetero) is 1. The summed E-state index contributed by atoms with van der Waals surface area (Å²) in [6.45, 7) is 2.69. The lowest BCUT2D eigenvalue weighted by Crippen LogP contribution is -2.23. The van der Waals surface area contributed by atoms with Gasteiger partial charge in [-0.25, -0.2) is 0 Å². The molecule has 0 fully saturated rings. The maximum atomic E-state index is 11.6. The lowest BCUT2D eigenvalue weighted by atomic mass is 10.1. The topological polar surface area (TPSA) is 29.1 Å². The Labute approximate surface area is 76.6 Å². The molecule has 1 heterocycles. The average Bonchev–Trinajstić information content (AvgIpc) is 2.55. The van der Waals surface area contributed by atoms with Crippen molar-refractivity contribution in [1.29, 1.82) is 0 Å². The molecule has 0 bridgehead atoms.